The fraction of sp³-hybridized carbons (Fsp3) is 0.118. The zero-order valence-corrected chi connectivity index (χ0v) is 13.3. The number of carbonyl (C=O) groups excluding carboxylic acids is 1. The minimum Gasteiger partial charge on any atom is -0.411 e. The van der Waals surface area contributed by atoms with E-state index in [0.717, 1.165) is 16.8 Å². The number of carbonyl (C=O) groups is 1. The van der Waals surface area contributed by atoms with Gasteiger partial charge in [0.2, 0.25) is 11.8 Å². The molecule has 0 unspecified atom stereocenters. The Balaban J connectivity index is 1.58. The van der Waals surface area contributed by atoms with Crippen LogP contribution in [0.1, 0.15) is 5.56 Å². The minimum atomic E-state index is -0.114. The van der Waals surface area contributed by atoms with Gasteiger partial charge in [-0.1, -0.05) is 47.7 Å². The zero-order chi connectivity index (χ0) is 16.1. The summed E-state index contributed by atoms with van der Waals surface area (Å²) in [5, 5.41) is 11.2. The van der Waals surface area contributed by atoms with Crippen molar-refractivity contribution in [2.75, 3.05) is 11.1 Å². The number of para-hydroxylation sites is 1. The Kier molecular flexibility index (Phi) is 4.73. The third-order valence-electron chi connectivity index (χ3n) is 3.06. The van der Waals surface area contributed by atoms with Gasteiger partial charge in [0.15, 0.2) is 0 Å². The van der Waals surface area contributed by atoms with Crippen LogP contribution in [0.3, 0.4) is 0 Å². The summed E-state index contributed by atoms with van der Waals surface area (Å²) in [6.07, 6.45) is 0. The molecule has 23 heavy (non-hydrogen) atoms. The highest BCUT2D eigenvalue weighted by molar-refractivity contribution is 7.99. The number of amides is 1. The highest BCUT2D eigenvalue weighted by Gasteiger charge is 2.11. The fourth-order valence-electron chi connectivity index (χ4n) is 2.01. The van der Waals surface area contributed by atoms with Crippen molar-refractivity contribution in [3.8, 4) is 11.5 Å². The van der Waals surface area contributed by atoms with Crippen molar-refractivity contribution in [1.29, 1.82) is 0 Å². The lowest BCUT2D eigenvalue weighted by atomic mass is 10.1. The maximum Gasteiger partial charge on any atom is 0.277 e. The highest BCUT2D eigenvalue weighted by Crippen LogP contribution is 2.23. The first-order valence-corrected chi connectivity index (χ1v) is 8.07. The Labute approximate surface area is 138 Å². The Bertz CT molecular complexity index is 802. The number of anilines is 1. The van der Waals surface area contributed by atoms with E-state index in [0.29, 0.717) is 11.1 Å². The number of aryl methyl sites for hydroxylation is 1. The Morgan fingerprint density at radius 1 is 1.13 bits per heavy atom. The average Bonchev–Trinajstić information content (AvgIpc) is 3.03. The number of hydrogen-bond donors (Lipinski definition) is 1. The quantitative estimate of drug-likeness (QED) is 0.723. The highest BCUT2D eigenvalue weighted by atomic mass is 32.2. The van der Waals surface area contributed by atoms with E-state index in [-0.39, 0.29) is 11.7 Å². The molecule has 0 atom stereocenters. The molecule has 0 aliphatic carbocycles. The second kappa shape index (κ2) is 7.11. The van der Waals surface area contributed by atoms with E-state index in [1.807, 2.05) is 61.5 Å². The van der Waals surface area contributed by atoms with Crippen LogP contribution in [-0.2, 0) is 4.79 Å². The number of nitrogens with zero attached hydrogens (tertiary/aromatic N) is 2. The van der Waals surface area contributed by atoms with Crippen LogP contribution in [0.15, 0.2) is 64.2 Å². The van der Waals surface area contributed by atoms with Crippen LogP contribution in [0.4, 0.5) is 5.69 Å². The summed E-state index contributed by atoms with van der Waals surface area (Å²) in [4.78, 5) is 11.9. The molecule has 0 aliphatic rings. The van der Waals surface area contributed by atoms with E-state index < -0.39 is 0 Å². The van der Waals surface area contributed by atoms with Gasteiger partial charge in [0.05, 0.1) is 5.75 Å². The van der Waals surface area contributed by atoms with Crippen LogP contribution >= 0.6 is 11.8 Å². The lowest BCUT2D eigenvalue weighted by Crippen LogP contribution is -2.13. The summed E-state index contributed by atoms with van der Waals surface area (Å²) in [6.45, 7) is 2.00. The standard InChI is InChI=1S/C17H15N3O2S/c1-12-6-5-7-13(10-12)16-19-20-17(22-16)23-11-15(21)18-14-8-3-2-4-9-14/h2-10H,11H2,1H3,(H,18,21). The molecule has 0 aliphatic heterocycles. The SMILES string of the molecule is Cc1cccc(-c2nnc(SCC(=O)Nc3ccccc3)o2)c1. The molecule has 1 heterocycles. The fourth-order valence-corrected chi connectivity index (χ4v) is 2.57. The van der Waals surface area contributed by atoms with Gasteiger partial charge in [-0.25, -0.2) is 0 Å². The van der Waals surface area contributed by atoms with Crippen molar-refractivity contribution in [3.05, 3.63) is 60.2 Å². The minimum absolute atomic E-state index is 0.114. The van der Waals surface area contributed by atoms with Crippen molar-refractivity contribution in [1.82, 2.24) is 10.2 Å². The molecule has 116 valence electrons. The lowest BCUT2D eigenvalue weighted by molar-refractivity contribution is -0.113. The summed E-state index contributed by atoms with van der Waals surface area (Å²) < 4.78 is 5.59. The van der Waals surface area contributed by atoms with Crippen molar-refractivity contribution in [2.45, 2.75) is 12.1 Å². The third-order valence-corrected chi connectivity index (χ3v) is 3.87. The molecule has 2 aromatic carbocycles. The average molecular weight is 325 g/mol. The molecule has 0 spiro atoms. The van der Waals surface area contributed by atoms with Gasteiger partial charge in [-0.3, -0.25) is 4.79 Å². The summed E-state index contributed by atoms with van der Waals surface area (Å²) in [5.74, 6) is 0.556. The number of rotatable bonds is 5. The van der Waals surface area contributed by atoms with E-state index in [1.165, 1.54) is 11.8 Å². The predicted octanol–water partition coefficient (Wildman–Crippen LogP) is 3.78. The second-order valence-corrected chi connectivity index (χ2v) is 5.87. The van der Waals surface area contributed by atoms with Gasteiger partial charge in [0, 0.05) is 11.3 Å². The number of benzene rings is 2. The molecule has 1 N–H and O–H groups in total. The number of hydrogen-bond acceptors (Lipinski definition) is 5. The third kappa shape index (κ3) is 4.20. The van der Waals surface area contributed by atoms with Gasteiger partial charge in [-0.05, 0) is 31.2 Å². The van der Waals surface area contributed by atoms with Crippen LogP contribution in [0.25, 0.3) is 11.5 Å². The molecule has 0 saturated carbocycles. The van der Waals surface area contributed by atoms with E-state index in [9.17, 15) is 4.79 Å². The molecule has 1 amide bonds. The van der Waals surface area contributed by atoms with E-state index >= 15 is 0 Å². The summed E-state index contributed by atoms with van der Waals surface area (Å²) in [6, 6.07) is 17.1. The Hall–Kier alpha value is -2.60. The van der Waals surface area contributed by atoms with Crippen LogP contribution in [0.5, 0.6) is 0 Å². The molecule has 6 heteroatoms. The molecule has 5 nitrogen and oxygen atoms in total. The lowest BCUT2D eigenvalue weighted by Gasteiger charge is -2.02. The van der Waals surface area contributed by atoms with Crippen LogP contribution < -0.4 is 5.32 Å². The van der Waals surface area contributed by atoms with E-state index in [1.54, 1.807) is 0 Å². The number of thioether (sulfide) groups is 1. The molecule has 0 saturated heterocycles. The first-order chi connectivity index (χ1) is 11.2. The predicted molar refractivity (Wildman–Crippen MR) is 90.3 cm³/mol. The van der Waals surface area contributed by atoms with Gasteiger partial charge in [-0.2, -0.15) is 0 Å². The molecule has 1 aromatic heterocycles. The summed E-state index contributed by atoms with van der Waals surface area (Å²) in [5.41, 5.74) is 2.76. The zero-order valence-electron chi connectivity index (χ0n) is 12.5. The molecule has 0 bridgehead atoms. The van der Waals surface area contributed by atoms with Crippen molar-refractivity contribution in [2.24, 2.45) is 0 Å². The smallest absolute Gasteiger partial charge is 0.277 e. The molecule has 3 aromatic rings. The molecular weight excluding hydrogens is 310 g/mol. The van der Waals surface area contributed by atoms with Crippen molar-refractivity contribution >= 4 is 23.4 Å². The van der Waals surface area contributed by atoms with Gasteiger partial charge >= 0.3 is 0 Å². The van der Waals surface area contributed by atoms with Crippen molar-refractivity contribution in [3.63, 3.8) is 0 Å². The largest absolute Gasteiger partial charge is 0.411 e. The number of nitrogens with one attached hydrogen (secondary N) is 1. The van der Waals surface area contributed by atoms with Gasteiger partial charge in [-0.15, -0.1) is 10.2 Å². The monoisotopic (exact) mass is 325 g/mol. The van der Waals surface area contributed by atoms with Crippen LogP contribution in [0, 0.1) is 6.92 Å². The molecule has 0 radical (unpaired) electrons. The summed E-state index contributed by atoms with van der Waals surface area (Å²) >= 11 is 1.22. The molecule has 3 rings (SSSR count). The second-order valence-electron chi connectivity index (χ2n) is 4.95. The normalized spacial score (nSPS) is 10.5. The van der Waals surface area contributed by atoms with Crippen LogP contribution in [-0.4, -0.2) is 21.9 Å². The Morgan fingerprint density at radius 3 is 2.74 bits per heavy atom. The molecular formula is C17H15N3O2S. The van der Waals surface area contributed by atoms with E-state index in [2.05, 4.69) is 15.5 Å². The van der Waals surface area contributed by atoms with Crippen molar-refractivity contribution < 1.29 is 9.21 Å². The maximum absolute atomic E-state index is 11.9. The van der Waals surface area contributed by atoms with E-state index in [4.69, 9.17) is 4.42 Å². The topological polar surface area (TPSA) is 68.0 Å². The van der Waals surface area contributed by atoms with Gasteiger partial charge in [0.25, 0.3) is 5.22 Å². The Morgan fingerprint density at radius 2 is 1.96 bits per heavy atom. The number of aromatic nitrogens is 2. The first kappa shape index (κ1) is 15.3. The summed E-state index contributed by atoms with van der Waals surface area (Å²) in [7, 11) is 0. The van der Waals surface area contributed by atoms with Gasteiger partial charge < -0.3 is 9.73 Å². The maximum atomic E-state index is 11.9. The van der Waals surface area contributed by atoms with Crippen LogP contribution in [0.2, 0.25) is 0 Å². The van der Waals surface area contributed by atoms with Gasteiger partial charge in [0.1, 0.15) is 0 Å². The molecule has 0 fully saturated rings. The first-order valence-electron chi connectivity index (χ1n) is 7.09.